The Balaban J connectivity index is 3.21. The number of guanidine groups is 1. The number of nitrogens with two attached hydrogens (primary N) is 3. The molecule has 9 atom stereocenters. The fourth-order valence-electron chi connectivity index (χ4n) is 6.82. The first-order valence-electron chi connectivity index (χ1n) is 24.1. The number of amides is 9. The lowest BCUT2D eigenvalue weighted by Gasteiger charge is -2.28. The van der Waals surface area contributed by atoms with Crippen LogP contribution in [0.2, 0.25) is 0 Å². The number of nitrogens with zero attached hydrogens (tertiary/aromatic N) is 1. The van der Waals surface area contributed by atoms with Crippen LogP contribution in [0.15, 0.2) is 35.3 Å². The number of hydrogen-bond acceptors (Lipinski definition) is 16. The molecule has 0 aliphatic heterocycles. The summed E-state index contributed by atoms with van der Waals surface area (Å²) in [4.78, 5) is 135. The van der Waals surface area contributed by atoms with E-state index in [9.17, 15) is 58.2 Å². The molecule has 28 heteroatoms. The first kappa shape index (κ1) is 65.8. The molecular formula is C46H77N13O13S2. The van der Waals surface area contributed by atoms with Crippen LogP contribution in [0.4, 0.5) is 0 Å². The number of thioether (sulfide) groups is 1. The van der Waals surface area contributed by atoms with Gasteiger partial charge in [-0.1, -0.05) is 44.2 Å². The third-order valence-electron chi connectivity index (χ3n) is 10.8. The van der Waals surface area contributed by atoms with E-state index < -0.39 is 132 Å². The third-order valence-corrected chi connectivity index (χ3v) is 11.9. The van der Waals surface area contributed by atoms with Crippen molar-refractivity contribution >= 4 is 89.5 Å². The molecule has 9 amide bonds. The summed E-state index contributed by atoms with van der Waals surface area (Å²) in [6, 6.07) is -0.411. The molecule has 0 bridgehead atoms. The van der Waals surface area contributed by atoms with Gasteiger partial charge in [-0.2, -0.15) is 24.4 Å². The van der Waals surface area contributed by atoms with E-state index in [0.717, 1.165) is 5.56 Å². The van der Waals surface area contributed by atoms with Gasteiger partial charge in [-0.05, 0) is 95.2 Å². The highest BCUT2D eigenvalue weighted by Crippen LogP contribution is 2.12. The first-order valence-corrected chi connectivity index (χ1v) is 26.0. The second kappa shape index (κ2) is 35.8. The molecule has 26 nitrogen and oxygen atoms in total. The minimum atomic E-state index is -1.67. The Kier molecular flexibility index (Phi) is 31.9. The van der Waals surface area contributed by atoms with Crippen LogP contribution in [0.25, 0.3) is 0 Å². The van der Waals surface area contributed by atoms with Crippen molar-refractivity contribution in [2.75, 3.05) is 44.8 Å². The molecule has 1 rings (SSSR count). The summed E-state index contributed by atoms with van der Waals surface area (Å²) in [5, 5.41) is 50.2. The monoisotopic (exact) mass is 1080 g/mol. The fourth-order valence-corrected chi connectivity index (χ4v) is 7.58. The Morgan fingerprint density at radius 1 is 0.649 bits per heavy atom. The Labute approximate surface area is 440 Å². The summed E-state index contributed by atoms with van der Waals surface area (Å²) in [5.41, 5.74) is 17.4. The Morgan fingerprint density at radius 2 is 1.19 bits per heavy atom. The summed E-state index contributed by atoms with van der Waals surface area (Å²) in [6.45, 7) is 4.12. The number of carboxylic acid groups (broad SMARTS) is 1. The van der Waals surface area contributed by atoms with Crippen molar-refractivity contribution in [1.82, 2.24) is 47.9 Å². The second-order valence-electron chi connectivity index (χ2n) is 17.7. The predicted molar refractivity (Wildman–Crippen MR) is 280 cm³/mol. The molecule has 18 N–H and O–H groups in total. The minimum Gasteiger partial charge on any atom is -0.480 e. The maximum Gasteiger partial charge on any atom is 0.322 e. The molecular weight excluding hydrogens is 1010 g/mol. The van der Waals surface area contributed by atoms with E-state index in [0.29, 0.717) is 18.6 Å². The Hall–Kier alpha value is -6.23. The van der Waals surface area contributed by atoms with Crippen LogP contribution in [-0.4, -0.2) is 179 Å². The van der Waals surface area contributed by atoms with Crippen LogP contribution in [0.5, 0.6) is 0 Å². The normalized spacial score (nSPS) is 14.6. The number of aliphatic hydroxyl groups is 2. The molecule has 1 aromatic carbocycles. The third kappa shape index (κ3) is 26.6. The van der Waals surface area contributed by atoms with E-state index in [2.05, 4.69) is 60.2 Å². The summed E-state index contributed by atoms with van der Waals surface area (Å²) in [5.74, 6) is -8.83. The SMILES string of the molecule is CSCC[C@H](NC(=O)[C@H](CCCCN)NC(=O)[C@@H](NC(=O)[C@H](C)NC(=O)[C@H](CCCN=C(N)N)NC(=O)[C@@H](S)Cc1ccccc1)[C@@H](C)O)C(=O)N[C@@H](CC(C)C)C(=O)NCC(=O)N[C@@H](CO)C(=O)NCC(=O)O. The number of aliphatic carboxylic acids is 1. The largest absolute Gasteiger partial charge is 0.480 e. The molecule has 0 heterocycles. The lowest BCUT2D eigenvalue weighted by atomic mass is 10.0. The van der Waals surface area contributed by atoms with Gasteiger partial charge in [0.15, 0.2) is 5.96 Å². The van der Waals surface area contributed by atoms with Crippen LogP contribution in [-0.2, 0) is 54.4 Å². The molecule has 0 unspecified atom stereocenters. The van der Waals surface area contributed by atoms with E-state index in [1.54, 1.807) is 20.1 Å². The zero-order valence-electron chi connectivity index (χ0n) is 42.5. The lowest BCUT2D eigenvalue weighted by Crippen LogP contribution is -2.61. The molecule has 0 spiro atoms. The topological polar surface area (TPSA) is 430 Å². The molecule has 0 aliphatic rings. The number of aliphatic hydroxyl groups excluding tert-OH is 2. The highest BCUT2D eigenvalue weighted by Gasteiger charge is 2.35. The predicted octanol–water partition coefficient (Wildman–Crippen LogP) is -4.39. The Morgan fingerprint density at radius 3 is 1.74 bits per heavy atom. The van der Waals surface area contributed by atoms with Crippen molar-refractivity contribution in [3.63, 3.8) is 0 Å². The molecule has 74 heavy (non-hydrogen) atoms. The van der Waals surface area contributed by atoms with E-state index in [-0.39, 0.29) is 63.5 Å². The van der Waals surface area contributed by atoms with E-state index >= 15 is 0 Å². The van der Waals surface area contributed by atoms with Gasteiger partial charge >= 0.3 is 5.97 Å². The average molecular weight is 1080 g/mol. The quantitative estimate of drug-likeness (QED) is 0.0131. The van der Waals surface area contributed by atoms with Crippen LogP contribution >= 0.6 is 24.4 Å². The van der Waals surface area contributed by atoms with Crippen molar-refractivity contribution in [2.24, 2.45) is 28.1 Å². The zero-order valence-corrected chi connectivity index (χ0v) is 44.2. The number of carbonyl (C=O) groups is 10. The van der Waals surface area contributed by atoms with Crippen molar-refractivity contribution in [3.05, 3.63) is 35.9 Å². The summed E-state index contributed by atoms with van der Waals surface area (Å²) in [7, 11) is 0. The highest BCUT2D eigenvalue weighted by molar-refractivity contribution is 7.98. The van der Waals surface area contributed by atoms with Gasteiger partial charge in [-0.25, -0.2) is 0 Å². The van der Waals surface area contributed by atoms with Gasteiger partial charge in [0.1, 0.15) is 48.8 Å². The van der Waals surface area contributed by atoms with Crippen molar-refractivity contribution < 1.29 is 63.3 Å². The number of thiol groups is 1. The summed E-state index contributed by atoms with van der Waals surface area (Å²) >= 11 is 5.79. The Bertz CT molecular complexity index is 2030. The maximum atomic E-state index is 14.0. The number of aliphatic imine (C=N–C) groups is 1. The molecule has 0 fully saturated rings. The summed E-state index contributed by atoms with van der Waals surface area (Å²) < 4.78 is 0. The first-order chi connectivity index (χ1) is 34.9. The van der Waals surface area contributed by atoms with Crippen LogP contribution in [0.1, 0.15) is 78.2 Å². The number of carbonyl (C=O) groups excluding carboxylic acids is 9. The van der Waals surface area contributed by atoms with Gasteiger partial charge in [-0.3, -0.25) is 52.9 Å². The van der Waals surface area contributed by atoms with Crippen molar-refractivity contribution in [1.29, 1.82) is 0 Å². The van der Waals surface area contributed by atoms with Gasteiger partial charge in [-0.15, -0.1) is 0 Å². The van der Waals surface area contributed by atoms with Gasteiger partial charge in [0.05, 0.1) is 24.5 Å². The minimum absolute atomic E-state index is 0.00611. The van der Waals surface area contributed by atoms with E-state index in [1.165, 1.54) is 25.6 Å². The van der Waals surface area contributed by atoms with Gasteiger partial charge in [0.25, 0.3) is 0 Å². The fraction of sp³-hybridized carbons (Fsp3) is 0.630. The molecule has 0 saturated carbocycles. The smallest absolute Gasteiger partial charge is 0.322 e. The maximum absolute atomic E-state index is 14.0. The molecule has 0 aromatic heterocycles. The van der Waals surface area contributed by atoms with Gasteiger partial charge in [0, 0.05) is 6.54 Å². The standard InChI is InChI=1S/C46H77N13O13S2/c1-25(2)20-32(39(66)51-22-35(62)54-33(24-60)40(67)52-23-36(63)64)58-43(70)31(16-19-74-5)55-42(69)29(14-9-10-17-47)57-45(72)37(27(4)61)59-38(65)26(3)53-41(68)30(15-11-18-50-46(48)49)56-44(71)34(73)21-28-12-7-6-8-13-28/h6-8,12-13,25-27,29-34,37,60-61,73H,9-11,14-24,47H2,1-5H3,(H,51,66)(H,52,67)(H,53,68)(H,54,62)(H,55,69)(H,56,71)(H,57,72)(H,58,70)(H,59,65)(H,63,64)(H4,48,49,50)/t26-,27+,29-,30-,31-,32-,33-,34-,37-/m0/s1. The number of carboxylic acids is 1. The van der Waals surface area contributed by atoms with E-state index in [4.69, 9.17) is 22.3 Å². The van der Waals surface area contributed by atoms with E-state index in [1.807, 2.05) is 35.6 Å². The average Bonchev–Trinajstić information content (AvgIpc) is 3.34. The summed E-state index contributed by atoms with van der Waals surface area (Å²) in [6.07, 6.45) is 1.71. The van der Waals surface area contributed by atoms with Gasteiger partial charge < -0.3 is 80.4 Å². The number of unbranched alkanes of at least 4 members (excludes halogenated alkanes) is 1. The number of rotatable bonds is 36. The van der Waals surface area contributed by atoms with Crippen LogP contribution < -0.4 is 65.1 Å². The number of benzene rings is 1. The zero-order chi connectivity index (χ0) is 55.9. The van der Waals surface area contributed by atoms with Crippen molar-refractivity contribution in [2.45, 2.75) is 133 Å². The molecule has 0 saturated heterocycles. The number of nitrogens with one attached hydrogen (secondary N) is 9. The highest BCUT2D eigenvalue weighted by atomic mass is 32.2. The second-order valence-corrected chi connectivity index (χ2v) is 19.3. The lowest BCUT2D eigenvalue weighted by molar-refractivity contribution is -0.138. The number of hydrogen-bond donors (Lipinski definition) is 16. The van der Waals surface area contributed by atoms with Gasteiger partial charge in [0.2, 0.25) is 53.2 Å². The molecule has 416 valence electrons. The van der Waals surface area contributed by atoms with Crippen LogP contribution in [0.3, 0.4) is 0 Å². The van der Waals surface area contributed by atoms with Crippen LogP contribution in [0, 0.1) is 5.92 Å². The van der Waals surface area contributed by atoms with Crippen molar-refractivity contribution in [3.8, 4) is 0 Å². The molecule has 0 aliphatic carbocycles. The molecule has 0 radical (unpaired) electrons. The molecule has 1 aromatic rings.